The van der Waals surface area contributed by atoms with Crippen LogP contribution >= 0.6 is 0 Å². The van der Waals surface area contributed by atoms with Crippen molar-refractivity contribution < 1.29 is 19.1 Å². The van der Waals surface area contributed by atoms with E-state index in [4.69, 9.17) is 9.47 Å². The third-order valence-electron chi connectivity index (χ3n) is 6.28. The molecule has 182 valence electrons. The van der Waals surface area contributed by atoms with E-state index in [1.807, 2.05) is 78.9 Å². The number of aryl methyl sites for hydroxylation is 1. The summed E-state index contributed by atoms with van der Waals surface area (Å²) in [6.45, 7) is 0.408. The van der Waals surface area contributed by atoms with Gasteiger partial charge in [-0.3, -0.25) is 9.59 Å². The molecule has 0 saturated heterocycles. The molecule has 1 atom stereocenters. The fourth-order valence-corrected chi connectivity index (χ4v) is 4.19. The average Bonchev–Trinajstić information content (AvgIpc) is 3.75. The maximum atomic E-state index is 13.5. The average molecular weight is 473 g/mol. The molecule has 3 aromatic carbocycles. The van der Waals surface area contributed by atoms with Crippen LogP contribution in [0.1, 0.15) is 42.0 Å². The van der Waals surface area contributed by atoms with Crippen LogP contribution in [-0.4, -0.2) is 37.0 Å². The molecule has 0 spiro atoms. The summed E-state index contributed by atoms with van der Waals surface area (Å²) in [5, 5.41) is 3.05. The molecular weight excluding hydrogens is 440 g/mol. The first-order valence-electron chi connectivity index (χ1n) is 12.0. The van der Waals surface area contributed by atoms with Gasteiger partial charge in [0.1, 0.15) is 17.5 Å². The molecule has 6 heteroatoms. The molecule has 0 unspecified atom stereocenters. The molecule has 4 rings (SSSR count). The van der Waals surface area contributed by atoms with E-state index in [-0.39, 0.29) is 17.9 Å². The predicted octanol–water partition coefficient (Wildman–Crippen LogP) is 4.69. The number of amides is 2. The lowest BCUT2D eigenvalue weighted by Crippen LogP contribution is -2.45. The van der Waals surface area contributed by atoms with Crippen LogP contribution < -0.4 is 14.8 Å². The van der Waals surface area contributed by atoms with Crippen molar-refractivity contribution in [1.82, 2.24) is 10.2 Å². The Kier molecular flexibility index (Phi) is 8.03. The van der Waals surface area contributed by atoms with E-state index in [2.05, 4.69) is 5.32 Å². The Morgan fingerprint density at radius 2 is 1.46 bits per heavy atom. The number of benzene rings is 3. The topological polar surface area (TPSA) is 67.9 Å². The number of nitrogens with zero attached hydrogens (tertiary/aromatic N) is 1. The van der Waals surface area contributed by atoms with Crippen molar-refractivity contribution in [2.24, 2.45) is 0 Å². The molecular formula is C29H32N2O4. The Bertz CT molecular complexity index is 1110. The standard InChI is InChI=1S/C29H32N2O4/c1-34-25-15-8-21(9-16-25)10-19-27(32)31(24-13-14-24)28(23-11-17-26(35-2)18-12-23)29(33)30-20-22-6-4-3-5-7-22/h3-9,11-12,15-18,24,28H,10,13-14,19-20H2,1-2H3,(H,30,33)/t28-/m0/s1. The quantitative estimate of drug-likeness (QED) is 0.440. The van der Waals surface area contributed by atoms with E-state index >= 15 is 0 Å². The van der Waals surface area contributed by atoms with E-state index in [1.54, 1.807) is 19.1 Å². The molecule has 3 aromatic rings. The monoisotopic (exact) mass is 472 g/mol. The van der Waals surface area contributed by atoms with Gasteiger partial charge in [-0.15, -0.1) is 0 Å². The molecule has 0 radical (unpaired) electrons. The Morgan fingerprint density at radius 1 is 0.857 bits per heavy atom. The first-order chi connectivity index (χ1) is 17.1. The third-order valence-corrected chi connectivity index (χ3v) is 6.28. The van der Waals surface area contributed by atoms with Gasteiger partial charge in [-0.05, 0) is 60.2 Å². The van der Waals surface area contributed by atoms with Crippen LogP contribution in [0.25, 0.3) is 0 Å². The molecule has 1 saturated carbocycles. The van der Waals surface area contributed by atoms with Crippen molar-refractivity contribution in [3.63, 3.8) is 0 Å². The Hall–Kier alpha value is -3.80. The van der Waals surface area contributed by atoms with Crippen LogP contribution in [-0.2, 0) is 22.6 Å². The minimum atomic E-state index is -0.694. The largest absolute Gasteiger partial charge is 0.497 e. The highest BCUT2D eigenvalue weighted by Crippen LogP contribution is 2.36. The SMILES string of the molecule is COc1ccc(CCC(=O)N(C2CC2)[C@H](C(=O)NCc2ccccc2)c2ccc(OC)cc2)cc1. The molecule has 0 aromatic heterocycles. The van der Waals surface area contributed by atoms with Gasteiger partial charge in [0.2, 0.25) is 11.8 Å². The Labute approximate surface area is 206 Å². The summed E-state index contributed by atoms with van der Waals surface area (Å²) in [4.78, 5) is 28.9. The Balaban J connectivity index is 1.54. The molecule has 0 aliphatic heterocycles. The van der Waals surface area contributed by atoms with Gasteiger partial charge >= 0.3 is 0 Å². The zero-order valence-electron chi connectivity index (χ0n) is 20.3. The molecule has 0 bridgehead atoms. The lowest BCUT2D eigenvalue weighted by Gasteiger charge is -2.32. The summed E-state index contributed by atoms with van der Waals surface area (Å²) in [6.07, 6.45) is 2.76. The second-order valence-corrected chi connectivity index (χ2v) is 8.76. The van der Waals surface area contributed by atoms with Gasteiger partial charge < -0.3 is 19.7 Å². The fraction of sp³-hybridized carbons (Fsp3) is 0.310. The summed E-state index contributed by atoms with van der Waals surface area (Å²) in [7, 11) is 3.24. The summed E-state index contributed by atoms with van der Waals surface area (Å²) >= 11 is 0. The number of hydrogen-bond donors (Lipinski definition) is 1. The minimum absolute atomic E-state index is 0.0148. The van der Waals surface area contributed by atoms with E-state index in [0.29, 0.717) is 25.1 Å². The normalized spacial score (nSPS) is 13.5. The van der Waals surface area contributed by atoms with E-state index in [1.165, 1.54) is 0 Å². The number of rotatable bonds is 11. The maximum Gasteiger partial charge on any atom is 0.247 e. The second kappa shape index (κ2) is 11.6. The maximum absolute atomic E-state index is 13.5. The van der Waals surface area contributed by atoms with Crippen LogP contribution in [0.15, 0.2) is 78.9 Å². The van der Waals surface area contributed by atoms with Crippen molar-refractivity contribution in [1.29, 1.82) is 0 Å². The predicted molar refractivity (Wildman–Crippen MR) is 135 cm³/mol. The third kappa shape index (κ3) is 6.41. The molecule has 1 N–H and O–H groups in total. The van der Waals surface area contributed by atoms with E-state index < -0.39 is 6.04 Å². The van der Waals surface area contributed by atoms with Crippen molar-refractivity contribution in [3.05, 3.63) is 95.6 Å². The number of hydrogen-bond acceptors (Lipinski definition) is 4. The number of nitrogens with one attached hydrogen (secondary N) is 1. The summed E-state index contributed by atoms with van der Waals surface area (Å²) < 4.78 is 10.5. The smallest absolute Gasteiger partial charge is 0.247 e. The van der Waals surface area contributed by atoms with Gasteiger partial charge in [0.05, 0.1) is 14.2 Å². The molecule has 35 heavy (non-hydrogen) atoms. The highest BCUT2D eigenvalue weighted by atomic mass is 16.5. The first kappa shape index (κ1) is 24.3. The van der Waals surface area contributed by atoms with E-state index in [0.717, 1.165) is 35.3 Å². The van der Waals surface area contributed by atoms with Gasteiger partial charge in [0.25, 0.3) is 0 Å². The molecule has 1 aliphatic rings. The second-order valence-electron chi connectivity index (χ2n) is 8.76. The van der Waals surface area contributed by atoms with Crippen molar-refractivity contribution in [3.8, 4) is 11.5 Å². The van der Waals surface area contributed by atoms with Gasteiger partial charge in [-0.1, -0.05) is 54.6 Å². The van der Waals surface area contributed by atoms with Crippen LogP contribution in [0.3, 0.4) is 0 Å². The molecule has 1 fully saturated rings. The van der Waals surface area contributed by atoms with Crippen LogP contribution in [0.2, 0.25) is 0 Å². The zero-order valence-corrected chi connectivity index (χ0v) is 20.3. The highest BCUT2D eigenvalue weighted by molar-refractivity contribution is 5.89. The highest BCUT2D eigenvalue weighted by Gasteiger charge is 2.41. The first-order valence-corrected chi connectivity index (χ1v) is 12.0. The molecule has 6 nitrogen and oxygen atoms in total. The van der Waals surface area contributed by atoms with Crippen LogP contribution in [0, 0.1) is 0 Å². The van der Waals surface area contributed by atoms with Crippen LogP contribution in [0.4, 0.5) is 0 Å². The van der Waals surface area contributed by atoms with Crippen molar-refractivity contribution in [2.75, 3.05) is 14.2 Å². The number of carbonyl (C=O) groups is 2. The van der Waals surface area contributed by atoms with Gasteiger partial charge in [0.15, 0.2) is 0 Å². The van der Waals surface area contributed by atoms with Crippen molar-refractivity contribution >= 4 is 11.8 Å². The lowest BCUT2D eigenvalue weighted by molar-refractivity contribution is -0.141. The molecule has 1 aliphatic carbocycles. The van der Waals surface area contributed by atoms with Gasteiger partial charge in [-0.25, -0.2) is 0 Å². The van der Waals surface area contributed by atoms with E-state index in [9.17, 15) is 9.59 Å². The fourth-order valence-electron chi connectivity index (χ4n) is 4.19. The molecule has 2 amide bonds. The van der Waals surface area contributed by atoms with Gasteiger partial charge in [0, 0.05) is 19.0 Å². The lowest BCUT2D eigenvalue weighted by atomic mass is 10.0. The zero-order chi connectivity index (χ0) is 24.6. The van der Waals surface area contributed by atoms with Gasteiger partial charge in [-0.2, -0.15) is 0 Å². The van der Waals surface area contributed by atoms with Crippen molar-refractivity contribution in [2.45, 2.75) is 44.3 Å². The molecule has 0 heterocycles. The minimum Gasteiger partial charge on any atom is -0.497 e. The Morgan fingerprint density at radius 3 is 2.03 bits per heavy atom. The summed E-state index contributed by atoms with van der Waals surface area (Å²) in [6, 6.07) is 24.3. The number of carbonyl (C=O) groups excluding carboxylic acids is 2. The number of ether oxygens (including phenoxy) is 2. The summed E-state index contributed by atoms with van der Waals surface area (Å²) in [5.74, 6) is 1.30. The van der Waals surface area contributed by atoms with Crippen LogP contribution in [0.5, 0.6) is 11.5 Å². The summed E-state index contributed by atoms with van der Waals surface area (Å²) in [5.41, 5.74) is 2.85. The number of methoxy groups -OCH3 is 2.